The van der Waals surface area contributed by atoms with Gasteiger partial charge in [0.25, 0.3) is 0 Å². The molecule has 0 heterocycles. The van der Waals surface area contributed by atoms with Crippen molar-refractivity contribution in [3.8, 4) is 0 Å². The van der Waals surface area contributed by atoms with Crippen LogP contribution in [0.4, 0.5) is 0 Å². The van der Waals surface area contributed by atoms with Gasteiger partial charge in [-0.3, -0.25) is 0 Å². The van der Waals surface area contributed by atoms with E-state index in [1.165, 1.54) is 12.8 Å². The van der Waals surface area contributed by atoms with Crippen molar-refractivity contribution in [3.63, 3.8) is 0 Å². The molecule has 0 aromatic carbocycles. The third-order valence-corrected chi connectivity index (χ3v) is 2.40. The largest absolute Gasteiger partial charge is 0.389 e. The van der Waals surface area contributed by atoms with Crippen LogP contribution in [0.25, 0.3) is 0 Å². The van der Waals surface area contributed by atoms with Gasteiger partial charge < -0.3 is 5.11 Å². The molecule has 1 unspecified atom stereocenters. The fourth-order valence-electron chi connectivity index (χ4n) is 1.50. The average molecular weight is 282 g/mol. The Labute approximate surface area is 89.4 Å². The molecule has 2 heteroatoms. The predicted octanol–water partition coefficient (Wildman–Crippen LogP) is 3.51. The van der Waals surface area contributed by atoms with Gasteiger partial charge in [0.05, 0.1) is 6.10 Å². The van der Waals surface area contributed by atoms with Crippen LogP contribution in [0.15, 0.2) is 10.2 Å². The Bertz CT molecular complexity index is 141. The molecule has 0 bridgehead atoms. The number of aliphatic hydroxyl groups excluding tert-OH is 1. The number of rotatable bonds is 5. The summed E-state index contributed by atoms with van der Waals surface area (Å²) in [6, 6.07) is 0. The van der Waals surface area contributed by atoms with Crippen molar-refractivity contribution < 1.29 is 5.11 Å². The van der Waals surface area contributed by atoms with Crippen molar-refractivity contribution in [2.24, 2.45) is 5.41 Å². The van der Waals surface area contributed by atoms with Crippen LogP contribution in [0.5, 0.6) is 0 Å². The topological polar surface area (TPSA) is 20.2 Å². The second kappa shape index (κ2) is 5.97. The van der Waals surface area contributed by atoms with Gasteiger partial charge in [0.1, 0.15) is 0 Å². The third-order valence-electron chi connectivity index (χ3n) is 1.98. The van der Waals surface area contributed by atoms with E-state index in [0.717, 1.165) is 6.42 Å². The molecular formula is C10H19IO. The molecule has 0 aromatic heterocycles. The second-order valence-electron chi connectivity index (χ2n) is 4.00. The van der Waals surface area contributed by atoms with Crippen LogP contribution in [0.3, 0.4) is 0 Å². The zero-order chi connectivity index (χ0) is 9.61. The van der Waals surface area contributed by atoms with Gasteiger partial charge in [0.2, 0.25) is 0 Å². The molecule has 72 valence electrons. The molecule has 0 radical (unpaired) electrons. The smallest absolute Gasteiger partial charge is 0.0733 e. The van der Waals surface area contributed by atoms with Crippen LogP contribution in [-0.2, 0) is 0 Å². The minimum Gasteiger partial charge on any atom is -0.389 e. The van der Waals surface area contributed by atoms with Gasteiger partial charge in [-0.05, 0) is 22.3 Å². The molecule has 0 spiro atoms. The van der Waals surface area contributed by atoms with Crippen molar-refractivity contribution in [2.75, 3.05) is 0 Å². The highest BCUT2D eigenvalue weighted by molar-refractivity contribution is 14.1. The van der Waals surface area contributed by atoms with E-state index < -0.39 is 0 Å². The Balaban J connectivity index is 3.87. The van der Waals surface area contributed by atoms with Gasteiger partial charge in [-0.1, -0.05) is 55.9 Å². The summed E-state index contributed by atoms with van der Waals surface area (Å²) in [5.74, 6) is 0. The third kappa shape index (κ3) is 6.00. The Kier molecular flexibility index (Phi) is 6.19. The molecule has 0 fully saturated rings. The lowest BCUT2D eigenvalue weighted by Crippen LogP contribution is -2.18. The SMILES string of the molecule is CCCC(C)(C)CC(O)/C=C/I. The van der Waals surface area contributed by atoms with Gasteiger partial charge in [-0.15, -0.1) is 0 Å². The highest BCUT2D eigenvalue weighted by Gasteiger charge is 2.19. The zero-order valence-corrected chi connectivity index (χ0v) is 10.3. The Hall–Kier alpha value is 0.430. The molecular weight excluding hydrogens is 263 g/mol. The van der Waals surface area contributed by atoms with Crippen LogP contribution < -0.4 is 0 Å². The predicted molar refractivity (Wildman–Crippen MR) is 62.5 cm³/mol. The van der Waals surface area contributed by atoms with Crippen LogP contribution in [0, 0.1) is 5.41 Å². The van der Waals surface area contributed by atoms with Crippen LogP contribution in [0.1, 0.15) is 40.0 Å². The standard InChI is InChI=1S/C10H19IO/c1-4-6-10(2,3)8-9(12)5-7-11/h5,7,9,12H,4,6,8H2,1-3H3/b7-5+. The number of aliphatic hydroxyl groups is 1. The molecule has 0 rings (SSSR count). The van der Waals surface area contributed by atoms with Gasteiger partial charge in [0.15, 0.2) is 0 Å². The van der Waals surface area contributed by atoms with Crippen molar-refractivity contribution in [1.29, 1.82) is 0 Å². The lowest BCUT2D eigenvalue weighted by Gasteiger charge is -2.25. The Morgan fingerprint density at radius 1 is 1.50 bits per heavy atom. The van der Waals surface area contributed by atoms with E-state index >= 15 is 0 Å². The molecule has 0 aliphatic carbocycles. The van der Waals surface area contributed by atoms with E-state index in [1.807, 2.05) is 10.2 Å². The molecule has 1 atom stereocenters. The minimum atomic E-state index is -0.275. The molecule has 0 amide bonds. The highest BCUT2D eigenvalue weighted by Crippen LogP contribution is 2.28. The van der Waals surface area contributed by atoms with Gasteiger partial charge in [0, 0.05) is 0 Å². The fraction of sp³-hybridized carbons (Fsp3) is 0.800. The minimum absolute atomic E-state index is 0.268. The normalized spacial score (nSPS) is 15.4. The van der Waals surface area contributed by atoms with Crippen molar-refractivity contribution in [3.05, 3.63) is 10.2 Å². The van der Waals surface area contributed by atoms with Crippen molar-refractivity contribution in [1.82, 2.24) is 0 Å². The summed E-state index contributed by atoms with van der Waals surface area (Å²) in [4.78, 5) is 0. The molecule has 1 N–H and O–H groups in total. The number of hydrogen-bond acceptors (Lipinski definition) is 1. The first-order valence-electron chi connectivity index (χ1n) is 4.47. The summed E-state index contributed by atoms with van der Waals surface area (Å²) in [5.41, 5.74) is 0.268. The number of halogens is 1. The van der Waals surface area contributed by atoms with E-state index in [2.05, 4.69) is 43.4 Å². The van der Waals surface area contributed by atoms with Crippen LogP contribution in [-0.4, -0.2) is 11.2 Å². The summed E-state index contributed by atoms with van der Waals surface area (Å²) in [7, 11) is 0. The van der Waals surface area contributed by atoms with Crippen molar-refractivity contribution >= 4 is 22.6 Å². The maximum atomic E-state index is 9.52. The highest BCUT2D eigenvalue weighted by atomic mass is 127. The quantitative estimate of drug-likeness (QED) is 0.765. The van der Waals surface area contributed by atoms with Crippen LogP contribution in [0.2, 0.25) is 0 Å². The molecule has 0 aliphatic rings. The van der Waals surface area contributed by atoms with Crippen molar-refractivity contribution in [2.45, 2.75) is 46.1 Å². The summed E-state index contributed by atoms with van der Waals surface area (Å²) in [5, 5.41) is 9.52. The molecule has 1 nitrogen and oxygen atoms in total. The van der Waals surface area contributed by atoms with E-state index in [0.29, 0.717) is 0 Å². The molecule has 0 aliphatic heterocycles. The lowest BCUT2D eigenvalue weighted by molar-refractivity contribution is 0.146. The molecule has 12 heavy (non-hydrogen) atoms. The van der Waals surface area contributed by atoms with E-state index in [1.54, 1.807) is 0 Å². The molecule has 0 aromatic rings. The Morgan fingerprint density at radius 3 is 2.50 bits per heavy atom. The van der Waals surface area contributed by atoms with Gasteiger partial charge >= 0.3 is 0 Å². The average Bonchev–Trinajstić information content (AvgIpc) is 1.85. The number of hydrogen-bond donors (Lipinski definition) is 1. The molecule has 0 saturated heterocycles. The second-order valence-corrected chi connectivity index (χ2v) is 4.72. The first-order chi connectivity index (χ1) is 5.52. The Morgan fingerprint density at radius 2 is 2.08 bits per heavy atom. The fourth-order valence-corrected chi connectivity index (χ4v) is 1.98. The maximum absolute atomic E-state index is 9.52. The monoisotopic (exact) mass is 282 g/mol. The van der Waals surface area contributed by atoms with E-state index in [-0.39, 0.29) is 11.5 Å². The summed E-state index contributed by atoms with van der Waals surface area (Å²) < 4.78 is 1.88. The maximum Gasteiger partial charge on any atom is 0.0733 e. The van der Waals surface area contributed by atoms with Gasteiger partial charge in [-0.2, -0.15) is 0 Å². The first kappa shape index (κ1) is 12.4. The summed E-state index contributed by atoms with van der Waals surface area (Å²) >= 11 is 2.13. The van der Waals surface area contributed by atoms with E-state index in [4.69, 9.17) is 0 Å². The van der Waals surface area contributed by atoms with Gasteiger partial charge in [-0.25, -0.2) is 0 Å². The summed E-state index contributed by atoms with van der Waals surface area (Å²) in [6.45, 7) is 6.60. The molecule has 0 saturated carbocycles. The first-order valence-corrected chi connectivity index (χ1v) is 5.71. The zero-order valence-electron chi connectivity index (χ0n) is 8.18. The van der Waals surface area contributed by atoms with E-state index in [9.17, 15) is 5.11 Å². The summed E-state index contributed by atoms with van der Waals surface area (Å²) in [6.07, 6.45) is 4.80. The van der Waals surface area contributed by atoms with Crippen LogP contribution >= 0.6 is 22.6 Å². The lowest BCUT2D eigenvalue weighted by atomic mass is 9.82.